The Bertz CT molecular complexity index is 1570. The van der Waals surface area contributed by atoms with Crippen molar-refractivity contribution in [3.63, 3.8) is 0 Å². The molecule has 2 aliphatic heterocycles. The Balaban J connectivity index is 1.23. The van der Waals surface area contributed by atoms with Gasteiger partial charge in [0.25, 0.3) is 5.91 Å². The number of hydrogen-bond acceptors (Lipinski definition) is 8. The summed E-state index contributed by atoms with van der Waals surface area (Å²) >= 11 is 0. The number of alkyl halides is 1. The van der Waals surface area contributed by atoms with Gasteiger partial charge in [0.05, 0.1) is 31.2 Å². The fourth-order valence-corrected chi connectivity index (χ4v) is 5.52. The van der Waals surface area contributed by atoms with E-state index in [1.54, 1.807) is 37.4 Å². The molecule has 2 saturated heterocycles. The molecule has 0 aliphatic carbocycles. The average molecular weight is 567 g/mol. The van der Waals surface area contributed by atoms with Crippen molar-refractivity contribution >= 4 is 29.0 Å². The molecule has 0 bridgehead atoms. The quantitative estimate of drug-likeness (QED) is 0.336. The molecular formula is C28H29F3N8O2. The van der Waals surface area contributed by atoms with E-state index in [0.717, 1.165) is 31.2 Å². The van der Waals surface area contributed by atoms with E-state index in [-0.39, 0.29) is 36.7 Å². The molecule has 5 heterocycles. The number of carbonyl (C=O) groups excluding carboxylic acids is 1. The van der Waals surface area contributed by atoms with Crippen molar-refractivity contribution in [1.29, 1.82) is 0 Å². The second-order valence-corrected chi connectivity index (χ2v) is 10.4. The highest BCUT2D eigenvalue weighted by Gasteiger charge is 2.34. The van der Waals surface area contributed by atoms with E-state index in [0.29, 0.717) is 29.6 Å². The number of anilines is 3. The summed E-state index contributed by atoms with van der Waals surface area (Å²) in [4.78, 5) is 31.6. The SMILES string of the molecule is CO[C@H]1CCN(c2cnc(C(=O)N(C)c3cnc4ccc(N5C[C@@H](F)C[C@@H]5Cc5cc(F)ccc5F)nn34)cn2)C1. The van der Waals surface area contributed by atoms with Gasteiger partial charge in [-0.3, -0.25) is 9.69 Å². The number of methoxy groups -OCH3 is 1. The van der Waals surface area contributed by atoms with E-state index in [1.807, 2.05) is 0 Å². The standard InChI is InChI=1S/C28H29F3N8O2/c1-36(28(40)23-12-33-26(13-32-23)37-8-7-21(16-37)41-2)27-14-34-24-5-6-25(35-39(24)27)38-15-19(30)11-20(38)10-17-9-18(29)3-4-22(17)31/h3-6,9,12-14,19-21H,7-8,10-11,15-16H2,1-2H3/t19-,20-,21-/m0/s1. The molecular weight excluding hydrogens is 537 g/mol. The van der Waals surface area contributed by atoms with Gasteiger partial charge in [-0.1, -0.05) is 0 Å². The number of rotatable bonds is 7. The van der Waals surface area contributed by atoms with E-state index < -0.39 is 29.8 Å². The van der Waals surface area contributed by atoms with Crippen LogP contribution in [0.1, 0.15) is 28.9 Å². The van der Waals surface area contributed by atoms with Crippen molar-refractivity contribution in [3.8, 4) is 0 Å². The summed E-state index contributed by atoms with van der Waals surface area (Å²) in [6.07, 6.45) is 4.71. The van der Waals surface area contributed by atoms with Gasteiger partial charge < -0.3 is 14.5 Å². The fraction of sp³-hybridized carbons (Fsp3) is 0.393. The smallest absolute Gasteiger partial charge is 0.279 e. The largest absolute Gasteiger partial charge is 0.380 e. The van der Waals surface area contributed by atoms with Gasteiger partial charge in [-0.25, -0.2) is 28.1 Å². The highest BCUT2D eigenvalue weighted by molar-refractivity contribution is 6.03. The molecule has 6 rings (SSSR count). The molecule has 4 aromatic rings. The van der Waals surface area contributed by atoms with Crippen LogP contribution in [0.4, 0.5) is 30.6 Å². The number of aromatic nitrogens is 5. The van der Waals surface area contributed by atoms with Gasteiger partial charge in [-0.05, 0) is 48.7 Å². The maximum Gasteiger partial charge on any atom is 0.279 e. The van der Waals surface area contributed by atoms with Crippen molar-refractivity contribution < 1.29 is 22.7 Å². The second kappa shape index (κ2) is 11.0. The third-order valence-corrected chi connectivity index (χ3v) is 7.76. The monoisotopic (exact) mass is 566 g/mol. The summed E-state index contributed by atoms with van der Waals surface area (Å²) in [6.45, 7) is 1.57. The van der Waals surface area contributed by atoms with Crippen LogP contribution in [0.2, 0.25) is 0 Å². The van der Waals surface area contributed by atoms with Crippen molar-refractivity contribution in [1.82, 2.24) is 24.6 Å². The third kappa shape index (κ3) is 5.29. The number of fused-ring (bicyclic) bond motifs is 1. The number of hydrogen-bond donors (Lipinski definition) is 0. The van der Waals surface area contributed by atoms with Crippen LogP contribution in [0.15, 0.2) is 48.9 Å². The lowest BCUT2D eigenvalue weighted by atomic mass is 10.0. The van der Waals surface area contributed by atoms with Crippen LogP contribution in [0.5, 0.6) is 0 Å². The Labute approximate surface area is 234 Å². The maximum absolute atomic E-state index is 14.6. The first-order valence-electron chi connectivity index (χ1n) is 13.4. The maximum atomic E-state index is 14.6. The van der Waals surface area contributed by atoms with Crippen molar-refractivity contribution in [2.45, 2.75) is 37.6 Å². The topological polar surface area (TPSA) is 92.0 Å². The summed E-state index contributed by atoms with van der Waals surface area (Å²) in [6, 6.07) is 6.27. The molecule has 3 atom stereocenters. The number of nitrogens with zero attached hydrogens (tertiary/aromatic N) is 8. The highest BCUT2D eigenvalue weighted by atomic mass is 19.1. The first kappa shape index (κ1) is 26.9. The Kier molecular flexibility index (Phi) is 7.20. The predicted molar refractivity (Wildman–Crippen MR) is 146 cm³/mol. The molecule has 10 nitrogen and oxygen atoms in total. The van der Waals surface area contributed by atoms with Crippen LogP contribution in [0.3, 0.4) is 0 Å². The molecule has 1 aromatic carbocycles. The summed E-state index contributed by atoms with van der Waals surface area (Å²) in [5, 5.41) is 4.66. The van der Waals surface area contributed by atoms with Gasteiger partial charge in [-0.2, -0.15) is 4.52 Å². The second-order valence-electron chi connectivity index (χ2n) is 10.4. The molecule has 2 aliphatic rings. The zero-order chi connectivity index (χ0) is 28.7. The summed E-state index contributed by atoms with van der Waals surface area (Å²) in [7, 11) is 3.27. The summed E-state index contributed by atoms with van der Waals surface area (Å²) in [5.74, 6) is -0.00128. The van der Waals surface area contributed by atoms with Crippen LogP contribution in [-0.2, 0) is 11.2 Å². The fourth-order valence-electron chi connectivity index (χ4n) is 5.52. The molecule has 1 amide bonds. The molecule has 214 valence electrons. The van der Waals surface area contributed by atoms with E-state index in [2.05, 4.69) is 25.0 Å². The van der Waals surface area contributed by atoms with Crippen LogP contribution in [0, 0.1) is 11.6 Å². The number of carbonyl (C=O) groups is 1. The van der Waals surface area contributed by atoms with Gasteiger partial charge in [0.1, 0.15) is 35.1 Å². The zero-order valence-corrected chi connectivity index (χ0v) is 22.6. The van der Waals surface area contributed by atoms with E-state index >= 15 is 0 Å². The van der Waals surface area contributed by atoms with Gasteiger partial charge in [-0.15, -0.1) is 5.10 Å². The molecule has 41 heavy (non-hydrogen) atoms. The number of ether oxygens (including phenoxy) is 1. The number of benzene rings is 1. The Morgan fingerprint density at radius 3 is 2.68 bits per heavy atom. The Hall–Kier alpha value is -4.26. The lowest BCUT2D eigenvalue weighted by Crippen LogP contribution is -2.33. The summed E-state index contributed by atoms with van der Waals surface area (Å²) < 4.78 is 49.6. The molecule has 0 radical (unpaired) electrons. The van der Waals surface area contributed by atoms with E-state index in [4.69, 9.17) is 4.74 Å². The van der Waals surface area contributed by atoms with Crippen LogP contribution in [-0.4, -0.2) is 82.6 Å². The normalized spacial score (nSPS) is 20.8. The Morgan fingerprint density at radius 1 is 1.07 bits per heavy atom. The summed E-state index contributed by atoms with van der Waals surface area (Å²) in [5.41, 5.74) is 0.816. The van der Waals surface area contributed by atoms with Gasteiger partial charge in [0.15, 0.2) is 11.5 Å². The third-order valence-electron chi connectivity index (χ3n) is 7.76. The molecule has 0 spiro atoms. The average Bonchev–Trinajstić information content (AvgIpc) is 3.72. The lowest BCUT2D eigenvalue weighted by Gasteiger charge is -2.26. The minimum atomic E-state index is -1.15. The van der Waals surface area contributed by atoms with Crippen molar-refractivity contribution in [2.24, 2.45) is 0 Å². The predicted octanol–water partition coefficient (Wildman–Crippen LogP) is 3.46. The van der Waals surface area contributed by atoms with E-state index in [9.17, 15) is 18.0 Å². The number of imidazole rings is 1. The van der Waals surface area contributed by atoms with Crippen LogP contribution < -0.4 is 14.7 Å². The van der Waals surface area contributed by atoms with E-state index in [1.165, 1.54) is 21.8 Å². The molecule has 2 fully saturated rings. The minimum Gasteiger partial charge on any atom is -0.380 e. The minimum absolute atomic E-state index is 0.0585. The van der Waals surface area contributed by atoms with Gasteiger partial charge >= 0.3 is 0 Å². The van der Waals surface area contributed by atoms with Crippen molar-refractivity contribution in [2.75, 3.05) is 48.5 Å². The van der Waals surface area contributed by atoms with Gasteiger partial charge in [0.2, 0.25) is 0 Å². The number of halogens is 3. The van der Waals surface area contributed by atoms with Crippen LogP contribution in [0.25, 0.3) is 5.65 Å². The van der Waals surface area contributed by atoms with Crippen molar-refractivity contribution in [3.05, 3.63) is 71.8 Å². The molecule has 0 N–H and O–H groups in total. The van der Waals surface area contributed by atoms with Crippen LogP contribution >= 0.6 is 0 Å². The Morgan fingerprint density at radius 2 is 1.93 bits per heavy atom. The number of amides is 1. The molecule has 3 aromatic heterocycles. The molecule has 0 saturated carbocycles. The lowest BCUT2D eigenvalue weighted by molar-refractivity contribution is 0.0986. The van der Waals surface area contributed by atoms with Gasteiger partial charge in [0, 0.05) is 39.7 Å². The first-order valence-corrected chi connectivity index (χ1v) is 13.4. The zero-order valence-electron chi connectivity index (χ0n) is 22.6. The highest BCUT2D eigenvalue weighted by Crippen LogP contribution is 2.30. The first-order chi connectivity index (χ1) is 19.8. The molecule has 0 unspecified atom stereocenters. The molecule has 13 heteroatoms.